The van der Waals surface area contributed by atoms with E-state index in [-0.39, 0.29) is 5.41 Å². The highest BCUT2D eigenvalue weighted by molar-refractivity contribution is 5.61. The molecule has 0 amide bonds. The van der Waals surface area contributed by atoms with Gasteiger partial charge in [-0.15, -0.1) is 0 Å². The van der Waals surface area contributed by atoms with Crippen molar-refractivity contribution in [1.29, 1.82) is 0 Å². The van der Waals surface area contributed by atoms with E-state index < -0.39 is 5.41 Å². The topological polar surface area (TPSA) is 60.7 Å². The lowest BCUT2D eigenvalue weighted by molar-refractivity contribution is 0.461. The molecule has 0 saturated heterocycles. The average molecular weight is 509 g/mol. The van der Waals surface area contributed by atoms with Gasteiger partial charge in [0.2, 0.25) is 0 Å². The van der Waals surface area contributed by atoms with E-state index in [0.29, 0.717) is 17.2 Å². The van der Waals surface area contributed by atoms with Gasteiger partial charge < -0.3 is 15.3 Å². The van der Waals surface area contributed by atoms with Gasteiger partial charge >= 0.3 is 0 Å². The summed E-state index contributed by atoms with van der Waals surface area (Å²) in [6.07, 6.45) is 0. The zero-order valence-corrected chi connectivity index (χ0v) is 24.1. The molecule has 4 aromatic carbocycles. The summed E-state index contributed by atoms with van der Waals surface area (Å²) in [5.41, 5.74) is 9.63. The Morgan fingerprint density at radius 3 is 1.26 bits per heavy atom. The molecular formula is C35H40O3. The van der Waals surface area contributed by atoms with Gasteiger partial charge in [0.25, 0.3) is 0 Å². The molecule has 0 spiro atoms. The third-order valence-electron chi connectivity index (χ3n) is 8.74. The summed E-state index contributed by atoms with van der Waals surface area (Å²) >= 11 is 0. The van der Waals surface area contributed by atoms with Crippen LogP contribution in [0.15, 0.2) is 60.7 Å². The molecule has 38 heavy (non-hydrogen) atoms. The summed E-state index contributed by atoms with van der Waals surface area (Å²) < 4.78 is 0. The van der Waals surface area contributed by atoms with Crippen molar-refractivity contribution >= 4 is 0 Å². The molecule has 0 radical (unpaired) electrons. The van der Waals surface area contributed by atoms with Crippen LogP contribution in [0.3, 0.4) is 0 Å². The predicted octanol–water partition coefficient (Wildman–Crippen LogP) is 8.33. The highest BCUT2D eigenvalue weighted by atomic mass is 16.3. The monoisotopic (exact) mass is 508 g/mol. The second-order valence-electron chi connectivity index (χ2n) is 11.6. The van der Waals surface area contributed by atoms with Crippen molar-refractivity contribution in [2.75, 3.05) is 0 Å². The largest absolute Gasteiger partial charge is 0.507 e. The first-order valence-electron chi connectivity index (χ1n) is 13.2. The summed E-state index contributed by atoms with van der Waals surface area (Å²) in [6.45, 7) is 18.2. The fourth-order valence-corrected chi connectivity index (χ4v) is 5.91. The molecule has 4 aromatic rings. The fourth-order valence-electron chi connectivity index (χ4n) is 5.91. The van der Waals surface area contributed by atoms with Crippen molar-refractivity contribution < 1.29 is 15.3 Å². The van der Waals surface area contributed by atoms with Gasteiger partial charge in [-0.2, -0.15) is 0 Å². The zero-order chi connectivity index (χ0) is 28.2. The minimum absolute atomic E-state index is 0.270. The molecule has 0 aliphatic heterocycles. The van der Waals surface area contributed by atoms with Gasteiger partial charge in [0.1, 0.15) is 17.2 Å². The number of phenolic OH excluding ortho intramolecular Hbond substituents is 3. The Morgan fingerprint density at radius 1 is 0.447 bits per heavy atom. The Hall–Kier alpha value is -3.72. The van der Waals surface area contributed by atoms with E-state index in [1.807, 2.05) is 53.7 Å². The first kappa shape index (κ1) is 27.3. The number of benzene rings is 4. The first-order chi connectivity index (χ1) is 17.7. The van der Waals surface area contributed by atoms with Crippen LogP contribution in [0.25, 0.3) is 0 Å². The van der Waals surface area contributed by atoms with Crippen LogP contribution in [0.1, 0.15) is 82.0 Å². The molecule has 0 aliphatic rings. The molecule has 0 unspecified atom stereocenters. The second-order valence-corrected chi connectivity index (χ2v) is 11.6. The van der Waals surface area contributed by atoms with Gasteiger partial charge in [-0.05, 0) is 110 Å². The van der Waals surface area contributed by atoms with Gasteiger partial charge in [-0.1, -0.05) is 74.5 Å². The summed E-state index contributed by atoms with van der Waals surface area (Å²) in [5, 5.41) is 32.1. The molecule has 4 rings (SSSR count). The van der Waals surface area contributed by atoms with Crippen molar-refractivity contribution in [2.45, 2.75) is 73.1 Å². The highest BCUT2D eigenvalue weighted by Gasteiger charge is 2.36. The van der Waals surface area contributed by atoms with Gasteiger partial charge in [0, 0.05) is 10.8 Å². The van der Waals surface area contributed by atoms with Crippen LogP contribution in [0.4, 0.5) is 0 Å². The van der Waals surface area contributed by atoms with Crippen molar-refractivity contribution in [1.82, 2.24) is 0 Å². The maximum absolute atomic E-state index is 10.9. The van der Waals surface area contributed by atoms with Crippen LogP contribution < -0.4 is 0 Å². The SMILES string of the molecule is Cc1cc(C(C)(C)c2ccc(C(C)(c3ccc(C)c(O)c3C)c3ccc(C)c(O)c3C)cc2)cc(C)c1O. The maximum Gasteiger partial charge on any atom is 0.121 e. The van der Waals surface area contributed by atoms with E-state index in [0.717, 1.165) is 55.6 Å². The Balaban J connectivity index is 1.92. The molecule has 0 heterocycles. The zero-order valence-electron chi connectivity index (χ0n) is 24.1. The molecule has 0 aromatic heterocycles. The van der Waals surface area contributed by atoms with Crippen LogP contribution >= 0.6 is 0 Å². The summed E-state index contributed by atoms with van der Waals surface area (Å²) in [4.78, 5) is 0. The van der Waals surface area contributed by atoms with Gasteiger partial charge in [0.05, 0.1) is 0 Å². The average Bonchev–Trinajstić information content (AvgIpc) is 2.88. The van der Waals surface area contributed by atoms with Crippen LogP contribution in [-0.2, 0) is 10.8 Å². The molecule has 0 atom stereocenters. The summed E-state index contributed by atoms with van der Waals surface area (Å²) in [5.74, 6) is 0.959. The lowest BCUT2D eigenvalue weighted by Gasteiger charge is -2.36. The number of rotatable bonds is 5. The van der Waals surface area contributed by atoms with Crippen molar-refractivity contribution in [3.8, 4) is 17.2 Å². The minimum Gasteiger partial charge on any atom is -0.507 e. The first-order valence-corrected chi connectivity index (χ1v) is 13.2. The van der Waals surface area contributed by atoms with Crippen molar-refractivity contribution in [2.24, 2.45) is 0 Å². The molecule has 0 bridgehead atoms. The van der Waals surface area contributed by atoms with Gasteiger partial charge in [-0.25, -0.2) is 0 Å². The summed E-state index contributed by atoms with van der Waals surface area (Å²) in [6, 6.07) is 21.0. The molecule has 0 aliphatic carbocycles. The molecule has 0 saturated carbocycles. The Bertz CT molecular complexity index is 1440. The minimum atomic E-state index is -0.612. The second kappa shape index (κ2) is 9.54. The van der Waals surface area contributed by atoms with Crippen molar-refractivity contribution in [3.05, 3.63) is 122 Å². The van der Waals surface area contributed by atoms with Crippen LogP contribution in [-0.4, -0.2) is 15.3 Å². The summed E-state index contributed by atoms with van der Waals surface area (Å²) in [7, 11) is 0. The third kappa shape index (κ3) is 4.24. The number of aromatic hydroxyl groups is 3. The number of hydrogen-bond donors (Lipinski definition) is 3. The predicted molar refractivity (Wildman–Crippen MR) is 157 cm³/mol. The van der Waals surface area contributed by atoms with Gasteiger partial charge in [-0.3, -0.25) is 0 Å². The quantitative estimate of drug-likeness (QED) is 0.237. The van der Waals surface area contributed by atoms with E-state index in [2.05, 4.69) is 69.3 Å². The highest BCUT2D eigenvalue weighted by Crippen LogP contribution is 2.46. The van der Waals surface area contributed by atoms with Crippen LogP contribution in [0.2, 0.25) is 0 Å². The Labute approximate surface area is 227 Å². The number of phenols is 3. The molecule has 3 nitrogen and oxygen atoms in total. The molecule has 198 valence electrons. The van der Waals surface area contributed by atoms with Gasteiger partial charge in [0.15, 0.2) is 0 Å². The van der Waals surface area contributed by atoms with E-state index in [1.165, 1.54) is 5.56 Å². The van der Waals surface area contributed by atoms with E-state index in [1.54, 1.807) is 0 Å². The standard InChI is InChI=1S/C35H40O3/c1-20-10-16-29(24(5)32(20)37)35(9,30-17-11-21(2)33(38)25(30)6)27-14-12-26(13-15-27)34(7,8)28-18-22(3)31(36)23(4)19-28/h10-19,36-38H,1-9H3. The lowest BCUT2D eigenvalue weighted by Crippen LogP contribution is -2.28. The maximum atomic E-state index is 10.9. The number of hydrogen-bond acceptors (Lipinski definition) is 3. The third-order valence-corrected chi connectivity index (χ3v) is 8.74. The van der Waals surface area contributed by atoms with Crippen molar-refractivity contribution in [3.63, 3.8) is 0 Å². The Morgan fingerprint density at radius 2 is 0.842 bits per heavy atom. The smallest absolute Gasteiger partial charge is 0.121 e. The molecule has 0 fully saturated rings. The van der Waals surface area contributed by atoms with E-state index in [9.17, 15) is 15.3 Å². The normalized spacial score (nSPS) is 12.1. The Kier molecular flexibility index (Phi) is 6.86. The van der Waals surface area contributed by atoms with E-state index in [4.69, 9.17) is 0 Å². The molecule has 3 heteroatoms. The van der Waals surface area contributed by atoms with Crippen LogP contribution in [0, 0.1) is 41.5 Å². The lowest BCUT2D eigenvalue weighted by atomic mass is 9.67. The number of aryl methyl sites for hydroxylation is 4. The van der Waals surface area contributed by atoms with E-state index >= 15 is 0 Å². The fraction of sp³-hybridized carbons (Fsp3) is 0.314. The molecular weight excluding hydrogens is 468 g/mol. The van der Waals surface area contributed by atoms with Crippen LogP contribution in [0.5, 0.6) is 17.2 Å². The molecule has 3 N–H and O–H groups in total.